The van der Waals surface area contributed by atoms with Gasteiger partial charge in [-0.15, -0.1) is 0 Å². The number of amides is 1. The summed E-state index contributed by atoms with van der Waals surface area (Å²) in [6.07, 6.45) is -0.820. The molecule has 0 aliphatic heterocycles. The van der Waals surface area contributed by atoms with Crippen LogP contribution in [-0.2, 0) is 4.79 Å². The molecule has 0 bridgehead atoms. The summed E-state index contributed by atoms with van der Waals surface area (Å²) in [7, 11) is 0. The normalized spacial score (nSPS) is 11.8. The molecule has 1 N–H and O–H groups in total. The van der Waals surface area contributed by atoms with Gasteiger partial charge in [0.1, 0.15) is 5.75 Å². The van der Waals surface area contributed by atoms with Crippen molar-refractivity contribution < 1.29 is 14.2 Å². The summed E-state index contributed by atoms with van der Waals surface area (Å²) in [5, 5.41) is 11.0. The Balaban J connectivity index is 1.71. The Hall–Kier alpha value is -2.57. The van der Waals surface area contributed by atoms with Crippen molar-refractivity contribution in [3.05, 3.63) is 58.6 Å². The fraction of sp³-hybridized carbons (Fsp3) is 0.118. The van der Waals surface area contributed by atoms with Gasteiger partial charge in [-0.05, 0) is 35.4 Å². The highest BCUT2D eigenvalue weighted by atomic mass is 35.5. The Bertz CT molecular complexity index is 884. The molecule has 6 nitrogen and oxygen atoms in total. The van der Waals surface area contributed by atoms with Crippen molar-refractivity contribution in [3.63, 3.8) is 0 Å². The van der Waals surface area contributed by atoms with E-state index >= 15 is 0 Å². The highest BCUT2D eigenvalue weighted by Gasteiger charge is 2.21. The number of nitrogens with zero attached hydrogens (tertiary/aromatic N) is 2. The fourth-order valence-corrected chi connectivity index (χ4v) is 2.54. The van der Waals surface area contributed by atoms with Crippen molar-refractivity contribution in [3.8, 4) is 17.0 Å². The van der Waals surface area contributed by atoms with Gasteiger partial charge < -0.3 is 10.1 Å². The van der Waals surface area contributed by atoms with Gasteiger partial charge >= 0.3 is 0 Å². The lowest BCUT2D eigenvalue weighted by atomic mass is 10.1. The molecule has 1 amide bonds. The number of benzene rings is 2. The minimum absolute atomic E-state index is 0.217. The Morgan fingerprint density at radius 2 is 1.92 bits per heavy atom. The van der Waals surface area contributed by atoms with Gasteiger partial charge in [-0.25, -0.2) is 4.63 Å². The predicted octanol–water partition coefficient (Wildman–Crippen LogP) is 4.45. The van der Waals surface area contributed by atoms with Crippen molar-refractivity contribution in [2.24, 2.45) is 0 Å². The molecule has 0 spiro atoms. The van der Waals surface area contributed by atoms with E-state index in [1.807, 2.05) is 30.3 Å². The van der Waals surface area contributed by atoms with Crippen molar-refractivity contribution in [2.75, 3.05) is 5.32 Å². The first-order valence-electron chi connectivity index (χ1n) is 7.35. The summed E-state index contributed by atoms with van der Waals surface area (Å²) in [5.41, 5.74) is 1.21. The molecular weight excluding hydrogens is 365 g/mol. The second-order valence-corrected chi connectivity index (χ2v) is 6.00. The molecule has 0 aliphatic carbocycles. The molecule has 0 unspecified atom stereocenters. The molecule has 2 aromatic carbocycles. The van der Waals surface area contributed by atoms with Crippen LogP contribution in [0.2, 0.25) is 10.0 Å². The van der Waals surface area contributed by atoms with E-state index in [2.05, 4.69) is 15.6 Å². The van der Waals surface area contributed by atoms with Crippen molar-refractivity contribution in [2.45, 2.75) is 13.0 Å². The van der Waals surface area contributed by atoms with Gasteiger partial charge in [0, 0.05) is 10.6 Å². The first kappa shape index (κ1) is 17.3. The van der Waals surface area contributed by atoms with Crippen LogP contribution in [0.1, 0.15) is 6.92 Å². The highest BCUT2D eigenvalue weighted by molar-refractivity contribution is 6.35. The zero-order chi connectivity index (χ0) is 17.8. The third-order valence-corrected chi connectivity index (χ3v) is 3.87. The number of hydrogen-bond donors (Lipinski definition) is 1. The third kappa shape index (κ3) is 4.10. The molecule has 8 heteroatoms. The molecule has 128 valence electrons. The van der Waals surface area contributed by atoms with Gasteiger partial charge in [0.2, 0.25) is 5.82 Å². The minimum atomic E-state index is -0.820. The molecule has 1 heterocycles. The van der Waals surface area contributed by atoms with Crippen LogP contribution in [-0.4, -0.2) is 22.3 Å². The highest BCUT2D eigenvalue weighted by Crippen LogP contribution is 2.29. The molecule has 3 rings (SSSR count). The molecule has 0 aliphatic rings. The summed E-state index contributed by atoms with van der Waals surface area (Å²) in [6, 6.07) is 14.0. The first-order valence-corrected chi connectivity index (χ1v) is 8.10. The van der Waals surface area contributed by atoms with Crippen molar-refractivity contribution >= 4 is 34.9 Å². The van der Waals surface area contributed by atoms with Gasteiger partial charge in [0.25, 0.3) is 5.91 Å². The number of hydrogen-bond acceptors (Lipinski definition) is 5. The zero-order valence-corrected chi connectivity index (χ0v) is 14.6. The van der Waals surface area contributed by atoms with Crippen LogP contribution in [0.15, 0.2) is 53.2 Å². The van der Waals surface area contributed by atoms with Gasteiger partial charge in [0.15, 0.2) is 11.8 Å². The predicted molar refractivity (Wildman–Crippen MR) is 94.9 cm³/mol. The second kappa shape index (κ2) is 7.55. The largest absolute Gasteiger partial charge is 0.479 e. The monoisotopic (exact) mass is 377 g/mol. The van der Waals surface area contributed by atoms with E-state index in [0.29, 0.717) is 21.5 Å². The van der Waals surface area contributed by atoms with E-state index in [1.54, 1.807) is 19.1 Å². The van der Waals surface area contributed by atoms with E-state index in [0.717, 1.165) is 5.56 Å². The third-order valence-electron chi connectivity index (χ3n) is 3.34. The Labute approximate surface area is 153 Å². The maximum atomic E-state index is 12.4. The lowest BCUT2D eigenvalue weighted by molar-refractivity contribution is -0.122. The summed E-state index contributed by atoms with van der Waals surface area (Å²) in [4.78, 5) is 12.4. The van der Waals surface area contributed by atoms with E-state index in [4.69, 9.17) is 32.6 Å². The van der Waals surface area contributed by atoms with Crippen LogP contribution in [0.3, 0.4) is 0 Å². The van der Waals surface area contributed by atoms with Crippen molar-refractivity contribution in [1.82, 2.24) is 10.3 Å². The van der Waals surface area contributed by atoms with Crippen LogP contribution in [0.5, 0.6) is 5.75 Å². The summed E-state index contributed by atoms with van der Waals surface area (Å²) in [6.45, 7) is 1.59. The number of carbonyl (C=O) groups excluding carboxylic acids is 1. The van der Waals surface area contributed by atoms with Gasteiger partial charge in [-0.1, -0.05) is 53.5 Å². The van der Waals surface area contributed by atoms with Gasteiger partial charge in [-0.2, -0.15) is 0 Å². The standard InChI is InChI=1S/C17H13Cl2N3O3/c1-10(24-14-8-7-12(18)9-13(14)19)17(23)20-16-15(21-25-22-16)11-5-3-2-4-6-11/h2-10H,1H3,(H,20,22,23)/t10-/m0/s1. The zero-order valence-electron chi connectivity index (χ0n) is 13.1. The molecule has 3 aromatic rings. The molecular formula is C17H13Cl2N3O3. The Kier molecular flexibility index (Phi) is 5.21. The average Bonchev–Trinajstić information content (AvgIpc) is 3.06. The number of ether oxygens (including phenoxy) is 1. The SMILES string of the molecule is C[C@H](Oc1ccc(Cl)cc1Cl)C(=O)Nc1nonc1-c1ccccc1. The number of aromatic nitrogens is 2. The topological polar surface area (TPSA) is 77.2 Å². The number of nitrogens with one attached hydrogen (secondary N) is 1. The van der Waals surface area contributed by atoms with Crippen LogP contribution in [0, 0.1) is 0 Å². The van der Waals surface area contributed by atoms with Crippen LogP contribution in [0.25, 0.3) is 11.3 Å². The molecule has 1 atom stereocenters. The number of rotatable bonds is 5. The average molecular weight is 378 g/mol. The smallest absolute Gasteiger partial charge is 0.266 e. The number of anilines is 1. The maximum Gasteiger partial charge on any atom is 0.266 e. The lowest BCUT2D eigenvalue weighted by Gasteiger charge is -2.15. The minimum Gasteiger partial charge on any atom is -0.479 e. The molecule has 0 saturated carbocycles. The maximum absolute atomic E-state index is 12.4. The lowest BCUT2D eigenvalue weighted by Crippen LogP contribution is -2.30. The summed E-state index contributed by atoms with van der Waals surface area (Å²) in [5.74, 6) is 0.156. The Morgan fingerprint density at radius 3 is 2.64 bits per heavy atom. The number of halogens is 2. The first-order chi connectivity index (χ1) is 12.0. The van der Waals surface area contributed by atoms with Crippen LogP contribution in [0.4, 0.5) is 5.82 Å². The fourth-order valence-electron chi connectivity index (χ4n) is 2.09. The quantitative estimate of drug-likeness (QED) is 0.710. The van der Waals surface area contributed by atoms with E-state index in [9.17, 15) is 4.79 Å². The Morgan fingerprint density at radius 1 is 1.16 bits per heavy atom. The van der Waals surface area contributed by atoms with Crippen LogP contribution >= 0.6 is 23.2 Å². The molecule has 0 radical (unpaired) electrons. The van der Waals surface area contributed by atoms with Gasteiger partial charge in [0.05, 0.1) is 5.02 Å². The van der Waals surface area contributed by atoms with E-state index in [-0.39, 0.29) is 5.82 Å². The molecule has 25 heavy (non-hydrogen) atoms. The summed E-state index contributed by atoms with van der Waals surface area (Å²) >= 11 is 11.9. The van der Waals surface area contributed by atoms with Crippen molar-refractivity contribution in [1.29, 1.82) is 0 Å². The molecule has 1 aromatic heterocycles. The van der Waals surface area contributed by atoms with Gasteiger partial charge in [-0.3, -0.25) is 4.79 Å². The van der Waals surface area contributed by atoms with Crippen LogP contribution < -0.4 is 10.1 Å². The number of carbonyl (C=O) groups is 1. The molecule has 0 fully saturated rings. The second-order valence-electron chi connectivity index (χ2n) is 5.15. The van der Waals surface area contributed by atoms with E-state index in [1.165, 1.54) is 6.07 Å². The molecule has 0 saturated heterocycles. The summed E-state index contributed by atoms with van der Waals surface area (Å²) < 4.78 is 10.3. The van der Waals surface area contributed by atoms with E-state index < -0.39 is 12.0 Å².